The number of allylic oxidation sites excluding steroid dienone is 3. The number of ether oxygens (including phenoxy) is 1. The van der Waals surface area contributed by atoms with Crippen molar-refractivity contribution in [3.63, 3.8) is 0 Å². The summed E-state index contributed by atoms with van der Waals surface area (Å²) >= 11 is 0. The Labute approximate surface area is 148 Å². The molecule has 5 heteroatoms. The van der Waals surface area contributed by atoms with Crippen LogP contribution < -0.4 is 5.32 Å². The third-order valence-electron chi connectivity index (χ3n) is 4.36. The predicted molar refractivity (Wildman–Crippen MR) is 96.9 cm³/mol. The number of nitrogens with one attached hydrogen (secondary N) is 1. The molecule has 0 saturated heterocycles. The van der Waals surface area contributed by atoms with Crippen molar-refractivity contribution in [2.45, 2.75) is 33.4 Å². The summed E-state index contributed by atoms with van der Waals surface area (Å²) in [6.45, 7) is 6.38. The number of benzene rings is 1. The number of hydrogen-bond donors (Lipinski definition) is 1. The molecular weight excluding hydrogens is 314 g/mol. The molecule has 2 atom stereocenters. The Morgan fingerprint density at radius 2 is 2.08 bits per heavy atom. The molecule has 1 unspecified atom stereocenters. The molecule has 0 fully saturated rings. The van der Waals surface area contributed by atoms with Gasteiger partial charge in [-0.25, -0.2) is 4.79 Å². The fourth-order valence-corrected chi connectivity index (χ4v) is 3.13. The van der Waals surface area contributed by atoms with Crippen molar-refractivity contribution in [1.82, 2.24) is 15.1 Å². The third kappa shape index (κ3) is 3.99. The van der Waals surface area contributed by atoms with Crippen LogP contribution >= 0.6 is 0 Å². The molecule has 0 bridgehead atoms. The maximum atomic E-state index is 12.1. The molecule has 5 nitrogen and oxygen atoms in total. The van der Waals surface area contributed by atoms with E-state index < -0.39 is 6.09 Å². The second kappa shape index (κ2) is 7.38. The van der Waals surface area contributed by atoms with E-state index in [1.165, 1.54) is 0 Å². The lowest BCUT2D eigenvalue weighted by Gasteiger charge is -2.23. The van der Waals surface area contributed by atoms with Gasteiger partial charge in [-0.1, -0.05) is 42.5 Å². The van der Waals surface area contributed by atoms with Gasteiger partial charge in [-0.2, -0.15) is 5.10 Å². The minimum atomic E-state index is -0.440. The van der Waals surface area contributed by atoms with Gasteiger partial charge in [-0.3, -0.25) is 10.00 Å². The molecule has 0 saturated carbocycles. The summed E-state index contributed by atoms with van der Waals surface area (Å²) in [5.74, 6) is 0.0577. The average Bonchev–Trinajstić information content (AvgIpc) is 3.19. The van der Waals surface area contributed by atoms with Gasteiger partial charge in [-0.05, 0) is 38.5 Å². The Balaban J connectivity index is 1.60. The van der Waals surface area contributed by atoms with E-state index in [0.717, 1.165) is 22.6 Å². The lowest BCUT2D eigenvalue weighted by molar-refractivity contribution is 0.141. The highest BCUT2D eigenvalue weighted by Gasteiger charge is 2.26. The molecule has 1 aromatic carbocycles. The summed E-state index contributed by atoms with van der Waals surface area (Å²) in [5.41, 5.74) is 3.89. The maximum absolute atomic E-state index is 12.1. The van der Waals surface area contributed by atoms with Crippen LogP contribution in [0.3, 0.4) is 0 Å². The first-order chi connectivity index (χ1) is 12.0. The van der Waals surface area contributed by atoms with Gasteiger partial charge in [0.1, 0.15) is 6.61 Å². The van der Waals surface area contributed by atoms with Gasteiger partial charge in [0.15, 0.2) is 0 Å². The van der Waals surface area contributed by atoms with Gasteiger partial charge >= 0.3 is 6.09 Å². The largest absolute Gasteiger partial charge is 0.444 e. The van der Waals surface area contributed by atoms with Crippen LogP contribution in [0, 0.1) is 19.8 Å². The highest BCUT2D eigenvalue weighted by atomic mass is 16.5. The van der Waals surface area contributed by atoms with Crippen LogP contribution in [0.15, 0.2) is 60.3 Å². The van der Waals surface area contributed by atoms with Crippen LogP contribution in [0.2, 0.25) is 0 Å². The van der Waals surface area contributed by atoms with E-state index in [9.17, 15) is 4.79 Å². The fourth-order valence-electron chi connectivity index (χ4n) is 3.13. The minimum Gasteiger partial charge on any atom is -0.444 e. The summed E-state index contributed by atoms with van der Waals surface area (Å²) in [7, 11) is 0. The number of carbonyl (C=O) groups excluding carboxylic acids is 1. The number of aryl methyl sites for hydroxylation is 2. The van der Waals surface area contributed by atoms with E-state index in [0.29, 0.717) is 0 Å². The number of rotatable bonds is 5. The van der Waals surface area contributed by atoms with Crippen LogP contribution in [0.5, 0.6) is 0 Å². The standard InChI is InChI=1S/C20H23N3O2/c1-14-12-15(2)23(22-14)16(3)18-10-7-11-19(18)21-20(24)25-13-17-8-5-4-6-9-17/h4-12,16,18H,13H2,1-3H3,(H,21,24)/t16-,18?/m1/s1. The van der Waals surface area contributed by atoms with Crippen molar-refractivity contribution in [2.75, 3.05) is 0 Å². The molecule has 2 aromatic rings. The van der Waals surface area contributed by atoms with Crippen LogP contribution in [0.1, 0.15) is 29.9 Å². The fraction of sp³-hybridized carbons (Fsp3) is 0.300. The van der Waals surface area contributed by atoms with Crippen LogP contribution in [-0.2, 0) is 11.3 Å². The van der Waals surface area contributed by atoms with E-state index in [-0.39, 0.29) is 18.6 Å². The third-order valence-corrected chi connectivity index (χ3v) is 4.36. The molecule has 1 N–H and O–H groups in total. The molecule has 1 aliphatic carbocycles. The number of nitrogens with zero attached hydrogens (tertiary/aromatic N) is 2. The first-order valence-corrected chi connectivity index (χ1v) is 8.43. The van der Waals surface area contributed by atoms with Crippen LogP contribution in [-0.4, -0.2) is 15.9 Å². The molecule has 1 aliphatic rings. The Bertz CT molecular complexity index is 806. The van der Waals surface area contributed by atoms with Crippen molar-refractivity contribution < 1.29 is 9.53 Å². The van der Waals surface area contributed by atoms with Crippen molar-refractivity contribution >= 4 is 6.09 Å². The zero-order valence-electron chi connectivity index (χ0n) is 14.8. The van der Waals surface area contributed by atoms with E-state index >= 15 is 0 Å². The zero-order chi connectivity index (χ0) is 17.8. The molecule has 3 rings (SSSR count). The molecule has 1 aromatic heterocycles. The molecule has 0 aliphatic heterocycles. The van der Waals surface area contributed by atoms with Gasteiger partial charge in [0.05, 0.1) is 11.7 Å². The molecular formula is C20H23N3O2. The quantitative estimate of drug-likeness (QED) is 0.895. The number of amides is 1. The van der Waals surface area contributed by atoms with Crippen molar-refractivity contribution in [2.24, 2.45) is 5.92 Å². The molecule has 25 heavy (non-hydrogen) atoms. The summed E-state index contributed by atoms with van der Waals surface area (Å²) in [4.78, 5) is 12.1. The van der Waals surface area contributed by atoms with E-state index in [2.05, 4.69) is 29.5 Å². The number of carbonyl (C=O) groups is 1. The monoisotopic (exact) mass is 337 g/mol. The summed E-state index contributed by atoms with van der Waals surface area (Å²) < 4.78 is 7.31. The van der Waals surface area contributed by atoms with Crippen LogP contribution in [0.25, 0.3) is 0 Å². The predicted octanol–water partition coefficient (Wildman–Crippen LogP) is 4.06. The van der Waals surface area contributed by atoms with E-state index in [1.807, 2.05) is 61.0 Å². The van der Waals surface area contributed by atoms with Gasteiger partial charge < -0.3 is 4.74 Å². The average molecular weight is 337 g/mol. The molecule has 1 amide bonds. The molecule has 0 radical (unpaired) electrons. The topological polar surface area (TPSA) is 56.2 Å². The molecule has 130 valence electrons. The van der Waals surface area contributed by atoms with Gasteiger partial charge in [0, 0.05) is 17.3 Å². The summed E-state index contributed by atoms with van der Waals surface area (Å²) in [5, 5.41) is 7.43. The zero-order valence-corrected chi connectivity index (χ0v) is 14.8. The van der Waals surface area contributed by atoms with Gasteiger partial charge in [0.2, 0.25) is 0 Å². The SMILES string of the molecule is Cc1cc(C)n([C@H](C)C2C=CC=C2NC(=O)OCc2ccccc2)n1. The summed E-state index contributed by atoms with van der Waals surface area (Å²) in [6.07, 6.45) is 5.51. The molecule has 0 spiro atoms. The lowest BCUT2D eigenvalue weighted by atomic mass is 10.00. The number of alkyl carbamates (subject to hydrolysis) is 1. The number of hydrogen-bond acceptors (Lipinski definition) is 3. The lowest BCUT2D eigenvalue weighted by Crippen LogP contribution is -2.30. The Morgan fingerprint density at radius 1 is 1.32 bits per heavy atom. The minimum absolute atomic E-state index is 0.0577. The Kier molecular flexibility index (Phi) is 5.03. The van der Waals surface area contributed by atoms with Crippen molar-refractivity contribution in [3.8, 4) is 0 Å². The van der Waals surface area contributed by atoms with E-state index in [1.54, 1.807) is 0 Å². The first kappa shape index (κ1) is 17.0. The van der Waals surface area contributed by atoms with Crippen molar-refractivity contribution in [1.29, 1.82) is 0 Å². The van der Waals surface area contributed by atoms with E-state index in [4.69, 9.17) is 4.74 Å². The number of aromatic nitrogens is 2. The first-order valence-electron chi connectivity index (χ1n) is 8.43. The second-order valence-corrected chi connectivity index (χ2v) is 6.33. The smallest absolute Gasteiger partial charge is 0.411 e. The summed E-state index contributed by atoms with van der Waals surface area (Å²) in [6, 6.07) is 11.8. The second-order valence-electron chi connectivity index (χ2n) is 6.33. The molecule has 1 heterocycles. The van der Waals surface area contributed by atoms with Crippen LogP contribution in [0.4, 0.5) is 4.79 Å². The van der Waals surface area contributed by atoms with Crippen molar-refractivity contribution in [3.05, 3.63) is 77.3 Å². The highest BCUT2D eigenvalue weighted by molar-refractivity contribution is 5.70. The Morgan fingerprint density at radius 3 is 2.76 bits per heavy atom. The maximum Gasteiger partial charge on any atom is 0.411 e. The highest BCUT2D eigenvalue weighted by Crippen LogP contribution is 2.29. The van der Waals surface area contributed by atoms with Gasteiger partial charge in [0.25, 0.3) is 0 Å². The normalized spacial score (nSPS) is 17.2. The Hall–Kier alpha value is -2.82. The van der Waals surface area contributed by atoms with Gasteiger partial charge in [-0.15, -0.1) is 0 Å².